The van der Waals surface area contributed by atoms with Gasteiger partial charge >= 0.3 is 6.18 Å². The first-order valence-corrected chi connectivity index (χ1v) is 6.70. The fraction of sp³-hybridized carbons (Fsp3) is 0.357. The van der Waals surface area contributed by atoms with Crippen LogP contribution in [0.5, 0.6) is 0 Å². The summed E-state index contributed by atoms with van der Waals surface area (Å²) < 4.78 is 40.8. The quantitative estimate of drug-likeness (QED) is 0.898. The SMILES string of the molecule is Cc1nn(C)cc1C(C)Nc1c(Cl)cccc1C(F)(F)F. The highest BCUT2D eigenvalue weighted by Crippen LogP contribution is 2.40. The van der Waals surface area contributed by atoms with E-state index in [1.54, 1.807) is 24.9 Å². The van der Waals surface area contributed by atoms with Gasteiger partial charge in [-0.1, -0.05) is 17.7 Å². The third kappa shape index (κ3) is 3.32. The number of hydrogen-bond acceptors (Lipinski definition) is 2. The first-order valence-electron chi connectivity index (χ1n) is 6.32. The molecule has 1 N–H and O–H groups in total. The van der Waals surface area contributed by atoms with Gasteiger partial charge in [0.15, 0.2) is 0 Å². The Morgan fingerprint density at radius 1 is 1.33 bits per heavy atom. The Hall–Kier alpha value is -1.69. The Morgan fingerprint density at radius 2 is 2.00 bits per heavy atom. The number of halogens is 4. The van der Waals surface area contributed by atoms with Gasteiger partial charge in [0.1, 0.15) is 0 Å². The Labute approximate surface area is 125 Å². The number of aryl methyl sites for hydroxylation is 2. The van der Waals surface area contributed by atoms with E-state index >= 15 is 0 Å². The zero-order valence-corrected chi connectivity index (χ0v) is 12.5. The zero-order chi connectivity index (χ0) is 15.8. The molecule has 21 heavy (non-hydrogen) atoms. The maximum absolute atomic E-state index is 13.0. The summed E-state index contributed by atoms with van der Waals surface area (Å²) in [5.74, 6) is 0. The van der Waals surface area contributed by atoms with Crippen molar-refractivity contribution in [3.63, 3.8) is 0 Å². The van der Waals surface area contributed by atoms with E-state index in [2.05, 4.69) is 10.4 Å². The molecule has 0 bridgehead atoms. The molecule has 2 aromatic rings. The van der Waals surface area contributed by atoms with Gasteiger partial charge in [0.05, 0.1) is 28.0 Å². The lowest BCUT2D eigenvalue weighted by Crippen LogP contribution is -2.14. The molecule has 0 radical (unpaired) electrons. The molecular formula is C14H15ClF3N3. The van der Waals surface area contributed by atoms with Crippen LogP contribution in [-0.4, -0.2) is 9.78 Å². The van der Waals surface area contributed by atoms with Crippen LogP contribution in [-0.2, 0) is 13.2 Å². The largest absolute Gasteiger partial charge is 0.418 e. The van der Waals surface area contributed by atoms with E-state index in [-0.39, 0.29) is 16.8 Å². The van der Waals surface area contributed by atoms with Crippen molar-refractivity contribution < 1.29 is 13.2 Å². The molecule has 1 aromatic carbocycles. The Balaban J connectivity index is 2.37. The number of hydrogen-bond donors (Lipinski definition) is 1. The molecule has 0 saturated heterocycles. The Bertz CT molecular complexity index is 649. The summed E-state index contributed by atoms with van der Waals surface area (Å²) in [7, 11) is 1.76. The standard InChI is InChI=1S/C14H15ClF3N3/c1-8(10-7-21(3)20-9(10)2)19-13-11(14(16,17)18)5-4-6-12(13)15/h4-8,19H,1-3H3. The predicted octanol–water partition coefficient (Wildman–Crippen LogP) is 4.57. The van der Waals surface area contributed by atoms with Gasteiger partial charge < -0.3 is 5.32 Å². The van der Waals surface area contributed by atoms with E-state index in [1.807, 2.05) is 6.92 Å². The van der Waals surface area contributed by atoms with Crippen LogP contribution in [0.3, 0.4) is 0 Å². The number of nitrogens with one attached hydrogen (secondary N) is 1. The molecular weight excluding hydrogens is 303 g/mol. The number of alkyl halides is 3. The van der Waals surface area contributed by atoms with Crippen LogP contribution in [0.15, 0.2) is 24.4 Å². The normalized spacial score (nSPS) is 13.3. The molecule has 0 aliphatic rings. The summed E-state index contributed by atoms with van der Waals surface area (Å²) in [6, 6.07) is 3.38. The summed E-state index contributed by atoms with van der Waals surface area (Å²) in [4.78, 5) is 0. The van der Waals surface area contributed by atoms with E-state index in [1.165, 1.54) is 12.1 Å². The van der Waals surface area contributed by atoms with Crippen molar-refractivity contribution in [2.45, 2.75) is 26.1 Å². The van der Waals surface area contributed by atoms with Crippen LogP contribution < -0.4 is 5.32 Å². The van der Waals surface area contributed by atoms with Gasteiger partial charge in [-0.25, -0.2) is 0 Å². The third-order valence-electron chi connectivity index (χ3n) is 3.20. The monoisotopic (exact) mass is 317 g/mol. The molecule has 0 aliphatic carbocycles. The lowest BCUT2D eigenvalue weighted by molar-refractivity contribution is -0.137. The second-order valence-corrected chi connectivity index (χ2v) is 5.28. The topological polar surface area (TPSA) is 29.9 Å². The van der Waals surface area contributed by atoms with Crippen LogP contribution in [0.1, 0.15) is 29.8 Å². The molecule has 2 rings (SSSR count). The summed E-state index contributed by atoms with van der Waals surface area (Å²) in [6.45, 7) is 3.58. The summed E-state index contributed by atoms with van der Waals surface area (Å²) in [5, 5.41) is 7.08. The highest BCUT2D eigenvalue weighted by Gasteiger charge is 2.34. The maximum atomic E-state index is 13.0. The Kier molecular flexibility index (Phi) is 4.18. The lowest BCUT2D eigenvalue weighted by Gasteiger charge is -2.20. The highest BCUT2D eigenvalue weighted by molar-refractivity contribution is 6.33. The van der Waals surface area contributed by atoms with E-state index in [4.69, 9.17) is 11.6 Å². The molecule has 1 unspecified atom stereocenters. The van der Waals surface area contributed by atoms with Crippen molar-refractivity contribution in [2.24, 2.45) is 7.05 Å². The fourth-order valence-electron chi connectivity index (χ4n) is 2.24. The van der Waals surface area contributed by atoms with Crippen LogP contribution >= 0.6 is 11.6 Å². The number of aromatic nitrogens is 2. The Morgan fingerprint density at radius 3 is 2.52 bits per heavy atom. The number of para-hydroxylation sites is 1. The third-order valence-corrected chi connectivity index (χ3v) is 3.51. The average molecular weight is 318 g/mol. The van der Waals surface area contributed by atoms with Gasteiger partial charge in [0.25, 0.3) is 0 Å². The molecule has 7 heteroatoms. The van der Waals surface area contributed by atoms with E-state index in [9.17, 15) is 13.2 Å². The molecule has 1 aromatic heterocycles. The number of nitrogens with zero attached hydrogens (tertiary/aromatic N) is 2. The predicted molar refractivity (Wildman–Crippen MR) is 76.4 cm³/mol. The van der Waals surface area contributed by atoms with Crippen molar-refractivity contribution in [1.29, 1.82) is 0 Å². The zero-order valence-electron chi connectivity index (χ0n) is 11.8. The van der Waals surface area contributed by atoms with Crippen LogP contribution in [0.4, 0.5) is 18.9 Å². The highest BCUT2D eigenvalue weighted by atomic mass is 35.5. The molecule has 0 aliphatic heterocycles. The maximum Gasteiger partial charge on any atom is 0.418 e. The van der Waals surface area contributed by atoms with Gasteiger partial charge in [-0.15, -0.1) is 0 Å². The summed E-state index contributed by atoms with van der Waals surface area (Å²) in [5.41, 5.74) is 0.703. The average Bonchev–Trinajstić information content (AvgIpc) is 2.69. The molecule has 114 valence electrons. The molecule has 0 amide bonds. The molecule has 3 nitrogen and oxygen atoms in total. The van der Waals surface area contributed by atoms with Crippen molar-refractivity contribution in [3.8, 4) is 0 Å². The first kappa shape index (κ1) is 15.7. The minimum Gasteiger partial charge on any atom is -0.377 e. The van der Waals surface area contributed by atoms with Crippen LogP contribution in [0, 0.1) is 6.92 Å². The van der Waals surface area contributed by atoms with E-state index < -0.39 is 11.7 Å². The van der Waals surface area contributed by atoms with Crippen molar-refractivity contribution in [1.82, 2.24) is 9.78 Å². The number of benzene rings is 1. The second kappa shape index (κ2) is 5.60. The fourth-order valence-corrected chi connectivity index (χ4v) is 2.47. The van der Waals surface area contributed by atoms with Crippen molar-refractivity contribution in [3.05, 3.63) is 46.2 Å². The summed E-state index contributed by atoms with van der Waals surface area (Å²) >= 11 is 5.93. The van der Waals surface area contributed by atoms with Gasteiger partial charge in [0, 0.05) is 18.8 Å². The molecule has 1 heterocycles. The lowest BCUT2D eigenvalue weighted by atomic mass is 10.1. The van der Waals surface area contributed by atoms with Crippen LogP contribution in [0.2, 0.25) is 5.02 Å². The van der Waals surface area contributed by atoms with Gasteiger partial charge in [-0.05, 0) is 26.0 Å². The van der Waals surface area contributed by atoms with Crippen molar-refractivity contribution in [2.75, 3.05) is 5.32 Å². The number of rotatable bonds is 3. The minimum absolute atomic E-state index is 0.0400. The van der Waals surface area contributed by atoms with Gasteiger partial charge in [-0.2, -0.15) is 18.3 Å². The summed E-state index contributed by atoms with van der Waals surface area (Å²) in [6.07, 6.45) is -2.69. The van der Waals surface area contributed by atoms with E-state index in [0.717, 1.165) is 17.3 Å². The molecule has 0 fully saturated rings. The number of anilines is 1. The van der Waals surface area contributed by atoms with Crippen molar-refractivity contribution >= 4 is 17.3 Å². The van der Waals surface area contributed by atoms with Gasteiger partial charge in [0.2, 0.25) is 0 Å². The molecule has 0 saturated carbocycles. The molecule has 0 spiro atoms. The molecule has 1 atom stereocenters. The first-order chi connectivity index (χ1) is 9.70. The minimum atomic E-state index is -4.46. The van der Waals surface area contributed by atoms with E-state index in [0.29, 0.717) is 0 Å². The van der Waals surface area contributed by atoms with Gasteiger partial charge in [-0.3, -0.25) is 4.68 Å². The van der Waals surface area contributed by atoms with Crippen LogP contribution in [0.25, 0.3) is 0 Å². The second-order valence-electron chi connectivity index (χ2n) is 4.87. The smallest absolute Gasteiger partial charge is 0.377 e.